The Morgan fingerprint density at radius 1 is 1.65 bits per heavy atom. The first-order chi connectivity index (χ1) is 8.20. The van der Waals surface area contributed by atoms with Crippen LogP contribution in [0.25, 0.3) is 0 Å². The Kier molecular flexibility index (Phi) is 4.59. The van der Waals surface area contributed by atoms with E-state index in [0.29, 0.717) is 5.92 Å². The van der Waals surface area contributed by atoms with Crippen LogP contribution in [0.2, 0.25) is 0 Å². The van der Waals surface area contributed by atoms with Crippen molar-refractivity contribution in [1.82, 2.24) is 5.32 Å². The number of ether oxygens (including phenoxy) is 1. The quantitative estimate of drug-likeness (QED) is 0.820. The maximum absolute atomic E-state index is 11.6. The molecule has 0 bridgehead atoms. The van der Waals surface area contributed by atoms with Crippen molar-refractivity contribution in [2.45, 2.75) is 25.3 Å². The molecule has 5 heteroatoms. The molecule has 2 rings (SSSR count). The highest BCUT2D eigenvalue weighted by Gasteiger charge is 2.36. The van der Waals surface area contributed by atoms with Gasteiger partial charge in [0.2, 0.25) is 0 Å². The van der Waals surface area contributed by atoms with Crippen LogP contribution in [0.15, 0.2) is 15.9 Å². The van der Waals surface area contributed by atoms with Gasteiger partial charge in [-0.1, -0.05) is 0 Å². The summed E-state index contributed by atoms with van der Waals surface area (Å²) >= 11 is 5.18. The number of carbonyl (C=O) groups is 1. The highest BCUT2D eigenvalue weighted by Crippen LogP contribution is 2.33. The van der Waals surface area contributed by atoms with Gasteiger partial charge in [0.15, 0.2) is 0 Å². The third-order valence-corrected chi connectivity index (χ3v) is 4.60. The van der Waals surface area contributed by atoms with Gasteiger partial charge in [-0.05, 0) is 53.2 Å². The van der Waals surface area contributed by atoms with Gasteiger partial charge in [0.1, 0.15) is 6.04 Å². The zero-order valence-corrected chi connectivity index (χ0v) is 12.1. The minimum absolute atomic E-state index is 0.108. The van der Waals surface area contributed by atoms with Crippen LogP contribution in [0.4, 0.5) is 0 Å². The van der Waals surface area contributed by atoms with Gasteiger partial charge in [-0.25, -0.2) is 0 Å². The minimum atomic E-state index is -0.125. The predicted molar refractivity (Wildman–Crippen MR) is 72.3 cm³/mol. The third kappa shape index (κ3) is 3.79. The minimum Gasteiger partial charge on any atom is -0.468 e. The number of hydrogen-bond acceptors (Lipinski definition) is 4. The number of nitrogens with one attached hydrogen (secondary N) is 1. The first-order valence-electron chi connectivity index (χ1n) is 5.76. The van der Waals surface area contributed by atoms with Crippen molar-refractivity contribution in [3.05, 3.63) is 20.8 Å². The molecule has 1 fully saturated rings. The Balaban J connectivity index is 1.77. The summed E-state index contributed by atoms with van der Waals surface area (Å²) in [5.74, 6) is 0.359. The number of thiophene rings is 1. The van der Waals surface area contributed by atoms with E-state index in [1.165, 1.54) is 12.0 Å². The fourth-order valence-corrected chi connectivity index (χ4v) is 3.32. The molecule has 0 spiro atoms. The van der Waals surface area contributed by atoms with Crippen molar-refractivity contribution < 1.29 is 9.53 Å². The number of esters is 1. The molecule has 1 aromatic rings. The van der Waals surface area contributed by atoms with Crippen molar-refractivity contribution in [3.63, 3.8) is 0 Å². The molecule has 94 valence electrons. The number of rotatable bonds is 6. The van der Waals surface area contributed by atoms with E-state index in [1.54, 1.807) is 11.3 Å². The largest absolute Gasteiger partial charge is 0.468 e. The van der Waals surface area contributed by atoms with E-state index >= 15 is 0 Å². The van der Waals surface area contributed by atoms with Crippen molar-refractivity contribution in [2.24, 2.45) is 5.92 Å². The van der Waals surface area contributed by atoms with E-state index in [0.717, 1.165) is 29.6 Å². The average molecular weight is 318 g/mol. The third-order valence-electron chi connectivity index (χ3n) is 2.91. The van der Waals surface area contributed by atoms with Gasteiger partial charge in [-0.3, -0.25) is 4.79 Å². The van der Waals surface area contributed by atoms with Crippen LogP contribution in [0, 0.1) is 5.92 Å². The van der Waals surface area contributed by atoms with Crippen LogP contribution < -0.4 is 5.32 Å². The van der Waals surface area contributed by atoms with Gasteiger partial charge in [-0.2, -0.15) is 0 Å². The topological polar surface area (TPSA) is 38.3 Å². The molecule has 3 nitrogen and oxygen atoms in total. The first-order valence-corrected chi connectivity index (χ1v) is 7.37. The van der Waals surface area contributed by atoms with Crippen LogP contribution in [0.3, 0.4) is 0 Å². The molecule has 1 aliphatic carbocycles. The molecular weight excluding hydrogens is 302 g/mol. The molecule has 0 amide bonds. The van der Waals surface area contributed by atoms with E-state index in [4.69, 9.17) is 4.74 Å². The molecule has 0 radical (unpaired) electrons. The maximum atomic E-state index is 11.6. The summed E-state index contributed by atoms with van der Waals surface area (Å²) in [7, 11) is 1.45. The molecule has 0 aliphatic heterocycles. The molecule has 1 atom stereocenters. The maximum Gasteiger partial charge on any atom is 0.323 e. The lowest BCUT2D eigenvalue weighted by atomic mass is 10.2. The monoisotopic (exact) mass is 317 g/mol. The van der Waals surface area contributed by atoms with Crippen LogP contribution in [0.1, 0.15) is 17.7 Å². The van der Waals surface area contributed by atoms with Crippen LogP contribution in [0.5, 0.6) is 0 Å². The zero-order valence-electron chi connectivity index (χ0n) is 9.74. The van der Waals surface area contributed by atoms with Crippen molar-refractivity contribution in [2.75, 3.05) is 13.7 Å². The summed E-state index contributed by atoms with van der Waals surface area (Å²) in [5, 5.41) is 3.31. The van der Waals surface area contributed by atoms with Crippen LogP contribution in [-0.4, -0.2) is 25.7 Å². The van der Waals surface area contributed by atoms with Gasteiger partial charge in [-0.15, -0.1) is 11.3 Å². The van der Waals surface area contributed by atoms with E-state index in [9.17, 15) is 4.79 Å². The Morgan fingerprint density at radius 3 is 2.94 bits per heavy atom. The van der Waals surface area contributed by atoms with Gasteiger partial charge in [0.05, 0.1) is 10.9 Å². The number of halogens is 1. The molecule has 1 unspecified atom stereocenters. The summed E-state index contributed by atoms with van der Waals surface area (Å²) in [6, 6.07) is 4.06. The van der Waals surface area contributed by atoms with E-state index < -0.39 is 0 Å². The zero-order chi connectivity index (χ0) is 12.3. The van der Waals surface area contributed by atoms with E-state index in [-0.39, 0.29) is 12.0 Å². The Labute approximate surface area is 114 Å². The Morgan fingerprint density at radius 2 is 2.41 bits per heavy atom. The molecule has 17 heavy (non-hydrogen) atoms. The fraction of sp³-hybridized carbons (Fsp3) is 0.583. The molecule has 1 aliphatic rings. The molecule has 1 aromatic heterocycles. The fourth-order valence-electron chi connectivity index (χ4n) is 1.84. The van der Waals surface area contributed by atoms with Crippen LogP contribution >= 0.6 is 27.3 Å². The molecule has 1 heterocycles. The van der Waals surface area contributed by atoms with E-state index in [2.05, 4.69) is 33.4 Å². The van der Waals surface area contributed by atoms with Gasteiger partial charge in [0, 0.05) is 11.4 Å². The molecule has 0 aromatic carbocycles. The predicted octanol–water partition coefficient (Wildman–Crippen LogP) is 2.59. The summed E-state index contributed by atoms with van der Waals surface area (Å²) in [5.41, 5.74) is 0. The highest BCUT2D eigenvalue weighted by molar-refractivity contribution is 9.11. The van der Waals surface area contributed by atoms with Crippen molar-refractivity contribution >= 4 is 33.2 Å². The molecule has 1 N–H and O–H groups in total. The Hall–Kier alpha value is -0.390. The number of hydrogen-bond donors (Lipinski definition) is 1. The highest BCUT2D eigenvalue weighted by atomic mass is 79.9. The lowest BCUT2D eigenvalue weighted by Gasteiger charge is -2.15. The lowest BCUT2D eigenvalue weighted by Crippen LogP contribution is -2.40. The van der Waals surface area contributed by atoms with Crippen molar-refractivity contribution in [3.8, 4) is 0 Å². The number of carbonyl (C=O) groups excluding carboxylic acids is 1. The molecular formula is C12H16BrNO2S. The standard InChI is InChI=1S/C12H16BrNO2S/c1-16-12(15)11(8-2-3-8)14-7-6-9-4-5-10(13)17-9/h4-5,8,11,14H,2-3,6-7H2,1H3. The van der Waals surface area contributed by atoms with E-state index in [1.807, 2.05) is 0 Å². The number of methoxy groups -OCH3 is 1. The second-order valence-corrected chi connectivity index (χ2v) is 6.80. The van der Waals surface area contributed by atoms with Crippen molar-refractivity contribution in [1.29, 1.82) is 0 Å². The molecule has 0 saturated heterocycles. The van der Waals surface area contributed by atoms with Gasteiger partial charge < -0.3 is 10.1 Å². The van der Waals surface area contributed by atoms with Crippen LogP contribution in [-0.2, 0) is 16.0 Å². The Bertz CT molecular complexity index is 390. The summed E-state index contributed by atoms with van der Waals surface area (Å²) < 4.78 is 5.97. The second-order valence-electron chi connectivity index (χ2n) is 4.25. The normalized spacial score (nSPS) is 16.8. The lowest BCUT2D eigenvalue weighted by molar-refractivity contribution is -0.143. The second kappa shape index (κ2) is 5.98. The summed E-state index contributed by atoms with van der Waals surface area (Å²) in [6.07, 6.45) is 3.23. The summed E-state index contributed by atoms with van der Waals surface area (Å²) in [4.78, 5) is 12.9. The smallest absolute Gasteiger partial charge is 0.323 e. The SMILES string of the molecule is COC(=O)C(NCCc1ccc(Br)s1)C1CC1. The molecule has 1 saturated carbocycles. The summed E-state index contributed by atoms with van der Waals surface area (Å²) in [6.45, 7) is 0.823. The van der Waals surface area contributed by atoms with Gasteiger partial charge in [0.25, 0.3) is 0 Å². The average Bonchev–Trinajstić information content (AvgIpc) is 3.07. The van der Waals surface area contributed by atoms with Gasteiger partial charge >= 0.3 is 5.97 Å². The first kappa shape index (κ1) is 13.1.